The molecule has 0 heterocycles. The molecule has 0 radical (unpaired) electrons. The molecule has 0 rings (SSSR count). The van der Waals surface area contributed by atoms with Crippen LogP contribution >= 0.6 is 0 Å². The first-order valence-electron chi connectivity index (χ1n) is 4.37. The van der Waals surface area contributed by atoms with Gasteiger partial charge >= 0.3 is 0 Å². The quantitative estimate of drug-likeness (QED) is 0.471. The maximum absolute atomic E-state index is 5.15. The first-order chi connectivity index (χ1) is 5.18. The van der Waals surface area contributed by atoms with E-state index in [9.17, 15) is 0 Å². The van der Waals surface area contributed by atoms with Gasteiger partial charge in [-0.3, -0.25) is 0 Å². The number of hydrogen-bond donors (Lipinski definition) is 1. The molecule has 0 saturated carbocycles. The molecular weight excluding hydrogens is 134 g/mol. The minimum atomic E-state index is 0.289. The minimum absolute atomic E-state index is 0.289. The van der Waals surface area contributed by atoms with Crippen molar-refractivity contribution in [1.29, 1.82) is 0 Å². The van der Waals surface area contributed by atoms with Crippen molar-refractivity contribution in [3.8, 4) is 12.3 Å². The van der Waals surface area contributed by atoms with Crippen LogP contribution in [0.3, 0.4) is 0 Å². The Labute approximate surface area is 70.6 Å². The number of nitrogens with one attached hydrogen (secondary N) is 1. The summed E-state index contributed by atoms with van der Waals surface area (Å²) in [7, 11) is 0. The lowest BCUT2D eigenvalue weighted by Gasteiger charge is -2.27. The van der Waals surface area contributed by atoms with Crippen LogP contribution in [0.1, 0.15) is 40.0 Å². The molecule has 1 heteroatoms. The van der Waals surface area contributed by atoms with Crippen LogP contribution in [0.2, 0.25) is 0 Å². The van der Waals surface area contributed by atoms with E-state index >= 15 is 0 Å². The summed E-state index contributed by atoms with van der Waals surface area (Å²) < 4.78 is 0. The molecule has 64 valence electrons. The summed E-state index contributed by atoms with van der Waals surface area (Å²) in [5, 5.41) is 3.45. The van der Waals surface area contributed by atoms with E-state index in [0.29, 0.717) is 0 Å². The molecule has 1 nitrogen and oxygen atoms in total. The lowest BCUT2D eigenvalue weighted by molar-refractivity contribution is 0.336. The van der Waals surface area contributed by atoms with Crippen LogP contribution in [0.25, 0.3) is 0 Å². The van der Waals surface area contributed by atoms with Gasteiger partial charge in [0.05, 0.1) is 0 Å². The Morgan fingerprint density at radius 1 is 1.36 bits per heavy atom. The summed E-state index contributed by atoms with van der Waals surface area (Å²) in [5.41, 5.74) is 0.289. The third-order valence-corrected chi connectivity index (χ3v) is 2.38. The highest BCUT2D eigenvalue weighted by Gasteiger charge is 2.16. The third-order valence-electron chi connectivity index (χ3n) is 2.38. The number of terminal acetylenes is 1. The second-order valence-corrected chi connectivity index (χ2v) is 3.15. The van der Waals surface area contributed by atoms with E-state index in [4.69, 9.17) is 6.42 Å². The first kappa shape index (κ1) is 10.5. The Hall–Kier alpha value is -0.480. The van der Waals surface area contributed by atoms with Crippen LogP contribution in [0.4, 0.5) is 0 Å². The largest absolute Gasteiger partial charge is 0.311 e. The highest BCUT2D eigenvalue weighted by molar-refractivity contribution is 4.87. The van der Waals surface area contributed by atoms with Crippen LogP contribution in [0.5, 0.6) is 0 Å². The van der Waals surface area contributed by atoms with Crippen LogP contribution in [0, 0.1) is 12.3 Å². The van der Waals surface area contributed by atoms with Crippen LogP contribution < -0.4 is 5.32 Å². The maximum Gasteiger partial charge on any atom is 0.0212 e. The SMILES string of the molecule is C#CCCNC(C)(CC)CC. The van der Waals surface area contributed by atoms with E-state index < -0.39 is 0 Å². The van der Waals surface area contributed by atoms with Gasteiger partial charge < -0.3 is 5.32 Å². The average molecular weight is 153 g/mol. The van der Waals surface area contributed by atoms with E-state index in [1.165, 1.54) is 0 Å². The predicted octanol–water partition coefficient (Wildman–Crippen LogP) is 2.18. The highest BCUT2D eigenvalue weighted by atomic mass is 14.9. The molecule has 0 aliphatic rings. The Morgan fingerprint density at radius 3 is 2.27 bits per heavy atom. The zero-order chi connectivity index (χ0) is 8.74. The smallest absolute Gasteiger partial charge is 0.0212 e. The van der Waals surface area contributed by atoms with Gasteiger partial charge in [0.1, 0.15) is 0 Å². The molecule has 0 aromatic rings. The standard InChI is InChI=1S/C10H19N/c1-5-8-9-11-10(4,6-2)7-3/h1,11H,6-9H2,2-4H3. The molecule has 1 N–H and O–H groups in total. The fourth-order valence-corrected chi connectivity index (χ4v) is 0.936. The Bertz CT molecular complexity index is 128. The van der Waals surface area contributed by atoms with E-state index in [-0.39, 0.29) is 5.54 Å². The maximum atomic E-state index is 5.15. The van der Waals surface area contributed by atoms with Gasteiger partial charge in [-0.05, 0) is 19.8 Å². The summed E-state index contributed by atoms with van der Waals surface area (Å²) >= 11 is 0. The van der Waals surface area contributed by atoms with Crippen molar-refractivity contribution in [2.75, 3.05) is 6.54 Å². The van der Waals surface area contributed by atoms with Crippen LogP contribution in [-0.4, -0.2) is 12.1 Å². The molecule has 0 aliphatic heterocycles. The molecule has 0 atom stereocenters. The fourth-order valence-electron chi connectivity index (χ4n) is 0.936. The highest BCUT2D eigenvalue weighted by Crippen LogP contribution is 2.12. The number of rotatable bonds is 5. The Morgan fingerprint density at radius 2 is 1.91 bits per heavy atom. The normalized spacial score (nSPS) is 11.1. The Balaban J connectivity index is 3.62. The van der Waals surface area contributed by atoms with E-state index in [0.717, 1.165) is 25.8 Å². The molecule has 0 bridgehead atoms. The predicted molar refractivity (Wildman–Crippen MR) is 50.4 cm³/mol. The van der Waals surface area contributed by atoms with Crippen molar-refractivity contribution in [1.82, 2.24) is 5.32 Å². The second-order valence-electron chi connectivity index (χ2n) is 3.15. The van der Waals surface area contributed by atoms with Crippen molar-refractivity contribution >= 4 is 0 Å². The van der Waals surface area contributed by atoms with Gasteiger partial charge in [-0.1, -0.05) is 13.8 Å². The molecule has 0 amide bonds. The minimum Gasteiger partial charge on any atom is -0.311 e. The lowest BCUT2D eigenvalue weighted by Crippen LogP contribution is -2.41. The molecule has 0 unspecified atom stereocenters. The van der Waals surface area contributed by atoms with Crippen molar-refractivity contribution in [3.63, 3.8) is 0 Å². The lowest BCUT2D eigenvalue weighted by atomic mass is 9.95. The molecule has 0 spiro atoms. The van der Waals surface area contributed by atoms with Gasteiger partial charge in [0.15, 0.2) is 0 Å². The summed E-state index contributed by atoms with van der Waals surface area (Å²) in [6.07, 6.45) is 8.30. The Kier molecular flexibility index (Phi) is 4.98. The van der Waals surface area contributed by atoms with Gasteiger partial charge in [0.25, 0.3) is 0 Å². The van der Waals surface area contributed by atoms with E-state index in [1.807, 2.05) is 0 Å². The molecule has 0 aliphatic carbocycles. The van der Waals surface area contributed by atoms with Crippen LogP contribution in [-0.2, 0) is 0 Å². The van der Waals surface area contributed by atoms with Crippen molar-refractivity contribution in [2.24, 2.45) is 0 Å². The van der Waals surface area contributed by atoms with Crippen molar-refractivity contribution < 1.29 is 0 Å². The van der Waals surface area contributed by atoms with E-state index in [2.05, 4.69) is 32.0 Å². The molecular formula is C10H19N. The summed E-state index contributed by atoms with van der Waals surface area (Å²) in [6, 6.07) is 0. The van der Waals surface area contributed by atoms with Crippen molar-refractivity contribution in [3.05, 3.63) is 0 Å². The molecule has 0 saturated heterocycles. The topological polar surface area (TPSA) is 12.0 Å². The van der Waals surface area contributed by atoms with Crippen molar-refractivity contribution in [2.45, 2.75) is 45.6 Å². The molecule has 0 aromatic heterocycles. The summed E-state index contributed by atoms with van der Waals surface area (Å²) in [4.78, 5) is 0. The zero-order valence-corrected chi connectivity index (χ0v) is 7.91. The van der Waals surface area contributed by atoms with Gasteiger partial charge in [-0.25, -0.2) is 0 Å². The van der Waals surface area contributed by atoms with Gasteiger partial charge in [-0.2, -0.15) is 0 Å². The molecule has 0 fully saturated rings. The van der Waals surface area contributed by atoms with Crippen LogP contribution in [0.15, 0.2) is 0 Å². The first-order valence-corrected chi connectivity index (χ1v) is 4.37. The van der Waals surface area contributed by atoms with Gasteiger partial charge in [0, 0.05) is 18.5 Å². The molecule has 11 heavy (non-hydrogen) atoms. The molecule has 0 aromatic carbocycles. The number of hydrogen-bond acceptors (Lipinski definition) is 1. The average Bonchev–Trinajstić information content (AvgIpc) is 2.05. The third kappa shape index (κ3) is 4.06. The van der Waals surface area contributed by atoms with Gasteiger partial charge in [0.2, 0.25) is 0 Å². The summed E-state index contributed by atoms with van der Waals surface area (Å²) in [6.45, 7) is 7.58. The second kappa shape index (κ2) is 5.21. The fraction of sp³-hybridized carbons (Fsp3) is 0.800. The monoisotopic (exact) mass is 153 g/mol. The van der Waals surface area contributed by atoms with Gasteiger partial charge in [-0.15, -0.1) is 12.3 Å². The zero-order valence-electron chi connectivity index (χ0n) is 7.91. The van der Waals surface area contributed by atoms with E-state index in [1.54, 1.807) is 0 Å². The summed E-state index contributed by atoms with van der Waals surface area (Å²) in [5.74, 6) is 2.63.